The number of hydrogen-bond acceptors (Lipinski definition) is 3. The van der Waals surface area contributed by atoms with Gasteiger partial charge < -0.3 is 15.3 Å². The molecular weight excluding hydrogens is 248 g/mol. The largest absolute Gasteiger partial charge is 0.394 e. The van der Waals surface area contributed by atoms with Gasteiger partial charge in [0.15, 0.2) is 0 Å². The minimum absolute atomic E-state index is 0.112. The molecule has 2 rings (SSSR count). The Morgan fingerprint density at radius 3 is 2.70 bits per heavy atom. The summed E-state index contributed by atoms with van der Waals surface area (Å²) in [7, 11) is 0. The summed E-state index contributed by atoms with van der Waals surface area (Å²) in [5.41, 5.74) is -0.112. The van der Waals surface area contributed by atoms with Crippen LogP contribution in [0.5, 0.6) is 0 Å². The second-order valence-corrected chi connectivity index (χ2v) is 7.56. The van der Waals surface area contributed by atoms with Crippen molar-refractivity contribution in [2.24, 2.45) is 5.92 Å². The van der Waals surface area contributed by atoms with E-state index in [1.54, 1.807) is 0 Å². The first-order valence-electron chi connectivity index (χ1n) is 8.67. The summed E-state index contributed by atoms with van der Waals surface area (Å²) in [4.78, 5) is 2.74. The highest BCUT2D eigenvalue weighted by atomic mass is 16.3. The Labute approximate surface area is 125 Å². The van der Waals surface area contributed by atoms with Gasteiger partial charge in [0.05, 0.1) is 6.61 Å². The van der Waals surface area contributed by atoms with Crippen molar-refractivity contribution in [1.82, 2.24) is 10.2 Å². The zero-order valence-electron chi connectivity index (χ0n) is 13.7. The SMILES string of the molecule is CC(C)NC(C)(CO)CCCN1CCCC2CCCC21. The van der Waals surface area contributed by atoms with E-state index in [2.05, 4.69) is 31.0 Å². The summed E-state index contributed by atoms with van der Waals surface area (Å²) in [5, 5.41) is 13.2. The maximum atomic E-state index is 9.65. The molecule has 0 aromatic rings. The Balaban J connectivity index is 1.76. The Hall–Kier alpha value is -0.120. The first kappa shape index (κ1) is 16.3. The van der Waals surface area contributed by atoms with E-state index in [0.29, 0.717) is 6.04 Å². The fourth-order valence-corrected chi connectivity index (χ4v) is 4.40. The maximum absolute atomic E-state index is 9.65. The third-order valence-electron chi connectivity index (χ3n) is 5.27. The fourth-order valence-electron chi connectivity index (χ4n) is 4.40. The van der Waals surface area contributed by atoms with Crippen molar-refractivity contribution < 1.29 is 5.11 Å². The van der Waals surface area contributed by atoms with Crippen LogP contribution in [0.25, 0.3) is 0 Å². The molecule has 118 valence electrons. The van der Waals surface area contributed by atoms with Crippen molar-refractivity contribution >= 4 is 0 Å². The number of fused-ring (bicyclic) bond motifs is 1. The Morgan fingerprint density at radius 2 is 2.00 bits per heavy atom. The molecule has 1 aliphatic carbocycles. The molecule has 1 saturated carbocycles. The molecule has 3 unspecified atom stereocenters. The van der Waals surface area contributed by atoms with E-state index >= 15 is 0 Å². The number of nitrogens with one attached hydrogen (secondary N) is 1. The number of rotatable bonds is 7. The number of hydrogen-bond donors (Lipinski definition) is 2. The van der Waals surface area contributed by atoms with E-state index in [9.17, 15) is 5.11 Å². The van der Waals surface area contributed by atoms with E-state index in [1.165, 1.54) is 51.6 Å². The Bertz CT molecular complexity index is 295. The van der Waals surface area contributed by atoms with Crippen molar-refractivity contribution in [3.8, 4) is 0 Å². The van der Waals surface area contributed by atoms with E-state index in [1.807, 2.05) is 0 Å². The molecule has 1 heterocycles. The summed E-state index contributed by atoms with van der Waals surface area (Å²) >= 11 is 0. The lowest BCUT2D eigenvalue weighted by atomic mass is 9.91. The standard InChI is InChI=1S/C17H34N2O/c1-14(2)18-17(3,13-20)10-6-12-19-11-5-8-15-7-4-9-16(15)19/h14-16,18,20H,4-13H2,1-3H3. The van der Waals surface area contributed by atoms with Gasteiger partial charge in [0.25, 0.3) is 0 Å². The van der Waals surface area contributed by atoms with Crippen LogP contribution >= 0.6 is 0 Å². The molecule has 20 heavy (non-hydrogen) atoms. The van der Waals surface area contributed by atoms with Gasteiger partial charge in [0, 0.05) is 17.6 Å². The normalized spacial score (nSPS) is 30.4. The van der Waals surface area contributed by atoms with Gasteiger partial charge in [-0.15, -0.1) is 0 Å². The molecule has 3 atom stereocenters. The smallest absolute Gasteiger partial charge is 0.0610 e. The van der Waals surface area contributed by atoms with Gasteiger partial charge in [-0.3, -0.25) is 0 Å². The van der Waals surface area contributed by atoms with Crippen LogP contribution in [0.3, 0.4) is 0 Å². The summed E-state index contributed by atoms with van der Waals surface area (Å²) in [6, 6.07) is 1.31. The van der Waals surface area contributed by atoms with Crippen LogP contribution in [-0.2, 0) is 0 Å². The average Bonchev–Trinajstić information content (AvgIpc) is 2.87. The van der Waals surface area contributed by atoms with Gasteiger partial charge in [-0.05, 0) is 64.5 Å². The number of likely N-dealkylation sites (tertiary alicyclic amines) is 1. The second-order valence-electron chi connectivity index (χ2n) is 7.56. The number of nitrogens with zero attached hydrogens (tertiary/aromatic N) is 1. The summed E-state index contributed by atoms with van der Waals surface area (Å²) in [5.74, 6) is 0.988. The van der Waals surface area contributed by atoms with E-state index < -0.39 is 0 Å². The Morgan fingerprint density at radius 1 is 1.25 bits per heavy atom. The molecule has 0 aromatic heterocycles. The molecule has 3 heteroatoms. The highest BCUT2D eigenvalue weighted by Crippen LogP contribution is 2.36. The lowest BCUT2D eigenvalue weighted by Crippen LogP contribution is -2.50. The molecule has 0 radical (unpaired) electrons. The average molecular weight is 282 g/mol. The van der Waals surface area contributed by atoms with Gasteiger partial charge >= 0.3 is 0 Å². The second kappa shape index (κ2) is 7.24. The van der Waals surface area contributed by atoms with Gasteiger partial charge in [-0.2, -0.15) is 0 Å². The monoisotopic (exact) mass is 282 g/mol. The first-order chi connectivity index (χ1) is 9.54. The zero-order valence-corrected chi connectivity index (χ0v) is 13.7. The predicted octanol–water partition coefficient (Wildman–Crippen LogP) is 2.78. The molecule has 0 spiro atoms. The molecule has 0 aromatic carbocycles. The van der Waals surface area contributed by atoms with Crippen LogP contribution in [0.1, 0.15) is 65.7 Å². The zero-order chi connectivity index (χ0) is 14.6. The van der Waals surface area contributed by atoms with Crippen molar-refractivity contribution in [2.75, 3.05) is 19.7 Å². The van der Waals surface area contributed by atoms with Gasteiger partial charge in [-0.25, -0.2) is 0 Å². The molecule has 2 N–H and O–H groups in total. The van der Waals surface area contributed by atoms with Crippen LogP contribution in [0.4, 0.5) is 0 Å². The predicted molar refractivity (Wildman–Crippen MR) is 84.9 cm³/mol. The molecular formula is C17H34N2O. The molecule has 1 saturated heterocycles. The lowest BCUT2D eigenvalue weighted by molar-refractivity contribution is 0.100. The first-order valence-corrected chi connectivity index (χ1v) is 8.67. The number of piperidine rings is 1. The van der Waals surface area contributed by atoms with Crippen LogP contribution in [0, 0.1) is 5.92 Å². The summed E-state index contributed by atoms with van der Waals surface area (Å²) in [6.45, 7) is 9.22. The third kappa shape index (κ3) is 4.19. The lowest BCUT2D eigenvalue weighted by Gasteiger charge is -2.39. The summed E-state index contributed by atoms with van der Waals surface area (Å²) < 4.78 is 0. The topological polar surface area (TPSA) is 35.5 Å². The molecule has 2 aliphatic rings. The molecule has 0 amide bonds. The molecule has 1 aliphatic heterocycles. The molecule has 3 nitrogen and oxygen atoms in total. The Kier molecular flexibility index (Phi) is 5.88. The van der Waals surface area contributed by atoms with Crippen molar-refractivity contribution in [3.63, 3.8) is 0 Å². The maximum Gasteiger partial charge on any atom is 0.0610 e. The summed E-state index contributed by atoms with van der Waals surface area (Å²) in [6.07, 6.45) is 9.44. The molecule has 2 fully saturated rings. The van der Waals surface area contributed by atoms with Gasteiger partial charge in [0.1, 0.15) is 0 Å². The van der Waals surface area contributed by atoms with Gasteiger partial charge in [0.2, 0.25) is 0 Å². The highest BCUT2D eigenvalue weighted by Gasteiger charge is 2.34. The quantitative estimate of drug-likeness (QED) is 0.754. The minimum atomic E-state index is -0.112. The van der Waals surface area contributed by atoms with Crippen LogP contribution in [-0.4, -0.2) is 47.3 Å². The van der Waals surface area contributed by atoms with Gasteiger partial charge in [-0.1, -0.05) is 20.3 Å². The number of aliphatic hydroxyl groups is 1. The van der Waals surface area contributed by atoms with Crippen molar-refractivity contribution in [2.45, 2.75) is 83.3 Å². The fraction of sp³-hybridized carbons (Fsp3) is 1.00. The van der Waals surface area contributed by atoms with E-state index in [4.69, 9.17) is 0 Å². The van der Waals surface area contributed by atoms with Crippen LogP contribution in [0.15, 0.2) is 0 Å². The number of aliphatic hydroxyl groups excluding tert-OH is 1. The van der Waals surface area contributed by atoms with Crippen molar-refractivity contribution in [3.05, 3.63) is 0 Å². The minimum Gasteiger partial charge on any atom is -0.394 e. The van der Waals surface area contributed by atoms with E-state index in [0.717, 1.165) is 18.4 Å². The van der Waals surface area contributed by atoms with E-state index in [-0.39, 0.29) is 12.1 Å². The van der Waals surface area contributed by atoms with Crippen molar-refractivity contribution in [1.29, 1.82) is 0 Å². The molecule has 0 bridgehead atoms. The van der Waals surface area contributed by atoms with Crippen LogP contribution < -0.4 is 5.32 Å². The van der Waals surface area contributed by atoms with Crippen LogP contribution in [0.2, 0.25) is 0 Å². The third-order valence-corrected chi connectivity index (χ3v) is 5.27. The highest BCUT2D eigenvalue weighted by molar-refractivity contribution is 4.90.